The van der Waals surface area contributed by atoms with E-state index in [0.29, 0.717) is 13.1 Å². The molecule has 7 nitrogen and oxygen atoms in total. The zero-order valence-corrected chi connectivity index (χ0v) is 17.2. The molecular weight excluding hydrogens is 394 g/mol. The van der Waals surface area contributed by atoms with E-state index in [9.17, 15) is 18.0 Å². The normalized spacial score (nSPS) is 18.3. The second-order valence-electron chi connectivity index (χ2n) is 6.87. The van der Waals surface area contributed by atoms with Gasteiger partial charge >= 0.3 is 11.9 Å². The second-order valence-corrected chi connectivity index (χ2v) is 9.18. The van der Waals surface area contributed by atoms with Gasteiger partial charge in [0.15, 0.2) is 6.61 Å². The predicted octanol–water partition coefficient (Wildman–Crippen LogP) is 2.87. The summed E-state index contributed by atoms with van der Waals surface area (Å²) in [6, 6.07) is 3.88. The van der Waals surface area contributed by atoms with E-state index in [-0.39, 0.29) is 27.5 Å². The molecule has 1 aliphatic rings. The molecule has 1 fully saturated rings. The van der Waals surface area contributed by atoms with Gasteiger partial charge in [-0.2, -0.15) is 4.31 Å². The Bertz CT molecular complexity index is 808. The minimum absolute atomic E-state index is 0.000352. The lowest BCUT2D eigenvalue weighted by Crippen LogP contribution is -2.39. The number of ether oxygens (including phenoxy) is 2. The zero-order valence-electron chi connectivity index (χ0n) is 15.6. The van der Waals surface area contributed by atoms with E-state index < -0.39 is 28.6 Å². The Labute approximate surface area is 164 Å². The first-order valence-corrected chi connectivity index (χ1v) is 10.6. The van der Waals surface area contributed by atoms with Crippen LogP contribution < -0.4 is 0 Å². The van der Waals surface area contributed by atoms with E-state index in [0.717, 1.165) is 12.8 Å². The number of piperidine rings is 1. The number of hydrogen-bond acceptors (Lipinski definition) is 6. The van der Waals surface area contributed by atoms with Crippen LogP contribution in [0, 0.1) is 5.92 Å². The number of carbonyl (C=O) groups excluding carboxylic acids is 2. The van der Waals surface area contributed by atoms with E-state index in [1.807, 2.05) is 6.92 Å². The van der Waals surface area contributed by atoms with Gasteiger partial charge in [-0.25, -0.2) is 18.0 Å². The van der Waals surface area contributed by atoms with Crippen molar-refractivity contribution in [1.29, 1.82) is 0 Å². The zero-order chi connectivity index (χ0) is 20.2. The molecule has 2 rings (SSSR count). The summed E-state index contributed by atoms with van der Waals surface area (Å²) in [6.45, 7) is 5.63. The van der Waals surface area contributed by atoms with E-state index in [1.54, 1.807) is 13.8 Å². The Morgan fingerprint density at radius 2 is 2.04 bits per heavy atom. The lowest BCUT2D eigenvalue weighted by molar-refractivity contribution is -0.150. The first kappa shape index (κ1) is 21.7. The van der Waals surface area contributed by atoms with Crippen LogP contribution in [0.3, 0.4) is 0 Å². The van der Waals surface area contributed by atoms with Crippen LogP contribution in [-0.2, 0) is 24.3 Å². The van der Waals surface area contributed by atoms with Gasteiger partial charge in [0.05, 0.1) is 16.7 Å². The van der Waals surface area contributed by atoms with Crippen molar-refractivity contribution in [3.05, 3.63) is 28.8 Å². The van der Waals surface area contributed by atoms with Crippen molar-refractivity contribution in [2.75, 3.05) is 19.7 Å². The van der Waals surface area contributed by atoms with Gasteiger partial charge in [-0.15, -0.1) is 0 Å². The van der Waals surface area contributed by atoms with Gasteiger partial charge in [0, 0.05) is 13.1 Å². The summed E-state index contributed by atoms with van der Waals surface area (Å²) in [4.78, 5) is 23.5. The summed E-state index contributed by atoms with van der Waals surface area (Å²) in [6.07, 6.45) is 1.42. The summed E-state index contributed by atoms with van der Waals surface area (Å²) < 4.78 is 37.0. The number of carbonyl (C=O) groups is 2. The molecule has 0 radical (unpaired) electrons. The summed E-state index contributed by atoms with van der Waals surface area (Å²) in [5.74, 6) is -1.24. The van der Waals surface area contributed by atoms with Crippen molar-refractivity contribution < 1.29 is 27.5 Å². The molecular formula is C18H24ClNO6S. The first-order chi connectivity index (χ1) is 12.6. The molecule has 27 heavy (non-hydrogen) atoms. The van der Waals surface area contributed by atoms with Crippen molar-refractivity contribution in [3.8, 4) is 0 Å². The van der Waals surface area contributed by atoms with E-state index >= 15 is 0 Å². The molecule has 1 aromatic carbocycles. The standard InChI is InChI=1S/C18H24ClNO6S/c1-12(2)26-17(21)11-25-18(22)14-6-7-15(19)16(9-14)27(23,24)20-8-4-5-13(3)10-20/h6-7,9,12-13H,4-5,8,10-11H2,1-3H3/t13-/m0/s1. The number of esters is 2. The van der Waals surface area contributed by atoms with Crippen LogP contribution in [0.4, 0.5) is 0 Å². The van der Waals surface area contributed by atoms with Crippen LogP contribution in [0.15, 0.2) is 23.1 Å². The van der Waals surface area contributed by atoms with E-state index in [4.69, 9.17) is 21.1 Å². The fourth-order valence-electron chi connectivity index (χ4n) is 2.84. The SMILES string of the molecule is CC(C)OC(=O)COC(=O)c1ccc(Cl)c(S(=O)(=O)N2CCC[C@H](C)C2)c1. The second kappa shape index (κ2) is 9.03. The lowest BCUT2D eigenvalue weighted by atomic mass is 10.0. The van der Waals surface area contributed by atoms with Crippen LogP contribution >= 0.6 is 11.6 Å². The van der Waals surface area contributed by atoms with Crippen molar-refractivity contribution in [2.45, 2.75) is 44.6 Å². The number of sulfonamides is 1. The fourth-order valence-corrected chi connectivity index (χ4v) is 4.94. The highest BCUT2D eigenvalue weighted by Gasteiger charge is 2.31. The number of benzene rings is 1. The maximum absolute atomic E-state index is 12.9. The minimum Gasteiger partial charge on any atom is -0.460 e. The van der Waals surface area contributed by atoms with Crippen LogP contribution in [0.5, 0.6) is 0 Å². The van der Waals surface area contributed by atoms with Gasteiger partial charge in [-0.05, 0) is 50.8 Å². The molecule has 0 aromatic heterocycles. The van der Waals surface area contributed by atoms with Crippen LogP contribution in [0.25, 0.3) is 0 Å². The largest absolute Gasteiger partial charge is 0.460 e. The Hall–Kier alpha value is -1.64. The third kappa shape index (κ3) is 5.67. The minimum atomic E-state index is -3.83. The molecule has 9 heteroatoms. The van der Waals surface area contributed by atoms with E-state index in [1.165, 1.54) is 22.5 Å². The number of rotatable bonds is 6. The molecule has 1 aromatic rings. The molecule has 1 saturated heterocycles. The highest BCUT2D eigenvalue weighted by atomic mass is 35.5. The van der Waals surface area contributed by atoms with Gasteiger partial charge in [0.25, 0.3) is 0 Å². The molecule has 0 amide bonds. The Morgan fingerprint density at radius 1 is 1.33 bits per heavy atom. The van der Waals surface area contributed by atoms with Crippen LogP contribution in [0.2, 0.25) is 5.02 Å². The quantitative estimate of drug-likeness (QED) is 0.661. The maximum Gasteiger partial charge on any atom is 0.344 e. The van der Waals surface area contributed by atoms with Gasteiger partial charge in [0.2, 0.25) is 10.0 Å². The number of halogens is 1. The predicted molar refractivity (Wildman–Crippen MR) is 100 cm³/mol. The molecule has 1 atom stereocenters. The molecule has 1 aliphatic heterocycles. The van der Waals surface area contributed by atoms with Crippen molar-refractivity contribution in [2.24, 2.45) is 5.92 Å². The maximum atomic E-state index is 12.9. The highest BCUT2D eigenvalue weighted by molar-refractivity contribution is 7.89. The molecule has 0 unspecified atom stereocenters. The molecule has 0 bridgehead atoms. The van der Waals surface area contributed by atoms with Gasteiger partial charge < -0.3 is 9.47 Å². The molecule has 0 saturated carbocycles. The third-order valence-electron chi connectivity index (χ3n) is 4.09. The Morgan fingerprint density at radius 3 is 2.67 bits per heavy atom. The molecule has 1 heterocycles. The summed E-state index contributed by atoms with van der Waals surface area (Å²) in [5.41, 5.74) is 0.000352. The third-order valence-corrected chi connectivity index (χ3v) is 6.44. The monoisotopic (exact) mass is 417 g/mol. The van der Waals surface area contributed by atoms with Crippen LogP contribution in [0.1, 0.15) is 44.0 Å². The summed E-state index contributed by atoms with van der Waals surface area (Å²) in [7, 11) is -3.83. The van der Waals surface area contributed by atoms with Crippen molar-refractivity contribution in [1.82, 2.24) is 4.31 Å². The number of nitrogens with zero attached hydrogens (tertiary/aromatic N) is 1. The van der Waals surface area contributed by atoms with Crippen LogP contribution in [-0.4, -0.2) is 50.5 Å². The Kier molecular flexibility index (Phi) is 7.25. The van der Waals surface area contributed by atoms with Crippen molar-refractivity contribution >= 4 is 33.6 Å². The van der Waals surface area contributed by atoms with Gasteiger partial charge in [0.1, 0.15) is 4.90 Å². The van der Waals surface area contributed by atoms with Gasteiger partial charge in [-0.3, -0.25) is 0 Å². The summed E-state index contributed by atoms with van der Waals surface area (Å²) in [5, 5.41) is 0.0315. The van der Waals surface area contributed by atoms with E-state index in [2.05, 4.69) is 0 Å². The van der Waals surface area contributed by atoms with Gasteiger partial charge in [-0.1, -0.05) is 18.5 Å². The smallest absolute Gasteiger partial charge is 0.344 e. The molecule has 0 N–H and O–H groups in total. The fraction of sp³-hybridized carbons (Fsp3) is 0.556. The molecule has 150 valence electrons. The average molecular weight is 418 g/mol. The Balaban J connectivity index is 2.17. The average Bonchev–Trinajstić information content (AvgIpc) is 2.59. The topological polar surface area (TPSA) is 90.0 Å². The lowest BCUT2D eigenvalue weighted by Gasteiger charge is -2.30. The molecule has 0 aliphatic carbocycles. The first-order valence-electron chi connectivity index (χ1n) is 8.77. The number of hydrogen-bond donors (Lipinski definition) is 0. The molecule has 0 spiro atoms. The highest BCUT2D eigenvalue weighted by Crippen LogP contribution is 2.29. The van der Waals surface area contributed by atoms with Crippen molar-refractivity contribution in [3.63, 3.8) is 0 Å². The summed E-state index contributed by atoms with van der Waals surface area (Å²) >= 11 is 6.09.